The molecule has 0 unspecified atom stereocenters. The second-order valence-electron chi connectivity index (χ2n) is 5.55. The van der Waals surface area contributed by atoms with Gasteiger partial charge in [-0.3, -0.25) is 4.98 Å². The lowest BCUT2D eigenvalue weighted by Crippen LogP contribution is -2.19. The number of rotatable bonds is 7. The molecule has 1 aromatic rings. The van der Waals surface area contributed by atoms with Gasteiger partial charge in [0.1, 0.15) is 0 Å². The van der Waals surface area contributed by atoms with Crippen LogP contribution in [-0.2, 0) is 6.54 Å². The number of hydrogen-bond donors (Lipinski definition) is 0. The molecule has 0 atom stereocenters. The Bertz CT molecular complexity index is 378. The van der Waals surface area contributed by atoms with Crippen LogP contribution < -0.4 is 0 Å². The molecule has 0 saturated heterocycles. The molecule has 0 aliphatic heterocycles. The lowest BCUT2D eigenvalue weighted by Gasteiger charge is -2.18. The maximum atomic E-state index is 8.93. The Kier molecular flexibility index (Phi) is 5.80. The quantitative estimate of drug-likeness (QED) is 0.692. The van der Waals surface area contributed by atoms with Gasteiger partial charge in [-0.1, -0.05) is 12.5 Å². The molecule has 0 saturated carbocycles. The van der Waals surface area contributed by atoms with Gasteiger partial charge in [-0.15, -0.1) is 0 Å². The summed E-state index contributed by atoms with van der Waals surface area (Å²) in [6.45, 7) is 6.02. The minimum atomic E-state index is -0.179. The van der Waals surface area contributed by atoms with Crippen molar-refractivity contribution in [3.63, 3.8) is 0 Å². The standard InChI is InChI=1S/C15H23N3/c1-15(2,13-16)8-4-5-10-18(3)12-14-7-6-9-17-11-14/h6-7,9,11H,4-5,8,10,12H2,1-3H3. The second-order valence-corrected chi connectivity index (χ2v) is 5.55. The molecule has 0 radical (unpaired) electrons. The third kappa shape index (κ3) is 5.79. The van der Waals surface area contributed by atoms with Crippen LogP contribution >= 0.6 is 0 Å². The first-order valence-corrected chi connectivity index (χ1v) is 6.52. The number of nitriles is 1. The largest absolute Gasteiger partial charge is 0.302 e. The van der Waals surface area contributed by atoms with E-state index < -0.39 is 0 Å². The van der Waals surface area contributed by atoms with Gasteiger partial charge in [-0.05, 0) is 51.9 Å². The SMILES string of the molecule is CN(CCCCC(C)(C)C#N)Cc1cccnc1. The van der Waals surface area contributed by atoms with Crippen LogP contribution in [0, 0.1) is 16.7 Å². The number of unbranched alkanes of at least 4 members (excludes halogenated alkanes) is 1. The first-order chi connectivity index (χ1) is 8.53. The van der Waals surface area contributed by atoms with Crippen LogP contribution in [0.25, 0.3) is 0 Å². The topological polar surface area (TPSA) is 39.9 Å². The predicted octanol–water partition coefficient (Wildman–Crippen LogP) is 3.23. The molecule has 0 bridgehead atoms. The van der Waals surface area contributed by atoms with Gasteiger partial charge in [0.15, 0.2) is 0 Å². The van der Waals surface area contributed by atoms with Gasteiger partial charge in [-0.25, -0.2) is 0 Å². The number of hydrogen-bond acceptors (Lipinski definition) is 3. The Morgan fingerprint density at radius 1 is 1.39 bits per heavy atom. The van der Waals surface area contributed by atoms with Crippen molar-refractivity contribution in [2.45, 2.75) is 39.7 Å². The lowest BCUT2D eigenvalue weighted by molar-refractivity contribution is 0.307. The van der Waals surface area contributed by atoms with Gasteiger partial charge in [0, 0.05) is 18.9 Å². The fourth-order valence-electron chi connectivity index (χ4n) is 1.89. The van der Waals surface area contributed by atoms with E-state index in [0.29, 0.717) is 0 Å². The molecule has 0 aromatic carbocycles. The molecule has 0 fully saturated rings. The summed E-state index contributed by atoms with van der Waals surface area (Å²) in [5.41, 5.74) is 1.07. The molecule has 18 heavy (non-hydrogen) atoms. The van der Waals surface area contributed by atoms with Crippen molar-refractivity contribution in [3.05, 3.63) is 30.1 Å². The van der Waals surface area contributed by atoms with Gasteiger partial charge in [0.25, 0.3) is 0 Å². The Hall–Kier alpha value is -1.40. The maximum Gasteiger partial charge on any atom is 0.0683 e. The van der Waals surface area contributed by atoms with Gasteiger partial charge in [0.2, 0.25) is 0 Å². The lowest BCUT2D eigenvalue weighted by atomic mass is 9.89. The van der Waals surface area contributed by atoms with Crippen LogP contribution in [0.2, 0.25) is 0 Å². The summed E-state index contributed by atoms with van der Waals surface area (Å²) in [4.78, 5) is 6.42. The number of pyridine rings is 1. The van der Waals surface area contributed by atoms with Gasteiger partial charge >= 0.3 is 0 Å². The van der Waals surface area contributed by atoms with E-state index in [2.05, 4.69) is 29.1 Å². The minimum absolute atomic E-state index is 0.179. The third-order valence-corrected chi connectivity index (χ3v) is 3.07. The highest BCUT2D eigenvalue weighted by atomic mass is 15.1. The van der Waals surface area contributed by atoms with E-state index in [9.17, 15) is 0 Å². The van der Waals surface area contributed by atoms with Gasteiger partial charge < -0.3 is 4.90 Å². The molecule has 0 spiro atoms. The molecule has 1 rings (SSSR count). The van der Waals surface area contributed by atoms with E-state index in [4.69, 9.17) is 5.26 Å². The van der Waals surface area contributed by atoms with E-state index >= 15 is 0 Å². The molecule has 0 aliphatic carbocycles. The molecule has 0 amide bonds. The average Bonchev–Trinajstić information content (AvgIpc) is 2.36. The smallest absolute Gasteiger partial charge is 0.0683 e. The number of aromatic nitrogens is 1. The molecule has 0 aliphatic rings. The van der Waals surface area contributed by atoms with Crippen molar-refractivity contribution in [2.75, 3.05) is 13.6 Å². The van der Waals surface area contributed by atoms with E-state index in [1.54, 1.807) is 6.20 Å². The van der Waals surface area contributed by atoms with Crippen LogP contribution in [0.4, 0.5) is 0 Å². The summed E-state index contributed by atoms with van der Waals surface area (Å²) in [5, 5.41) is 8.93. The Morgan fingerprint density at radius 3 is 2.78 bits per heavy atom. The molecular formula is C15H23N3. The highest BCUT2D eigenvalue weighted by molar-refractivity contribution is 5.07. The van der Waals surface area contributed by atoms with E-state index in [-0.39, 0.29) is 5.41 Å². The van der Waals surface area contributed by atoms with E-state index in [0.717, 1.165) is 32.4 Å². The zero-order valence-electron chi connectivity index (χ0n) is 11.7. The predicted molar refractivity (Wildman–Crippen MR) is 73.8 cm³/mol. The summed E-state index contributed by atoms with van der Waals surface area (Å²) in [6.07, 6.45) is 6.94. The summed E-state index contributed by atoms with van der Waals surface area (Å²) >= 11 is 0. The molecule has 1 heterocycles. The minimum Gasteiger partial charge on any atom is -0.302 e. The van der Waals surface area contributed by atoms with Crippen molar-refractivity contribution >= 4 is 0 Å². The van der Waals surface area contributed by atoms with E-state index in [1.807, 2.05) is 26.1 Å². The van der Waals surface area contributed by atoms with E-state index in [1.165, 1.54) is 5.56 Å². The van der Waals surface area contributed by atoms with Crippen molar-refractivity contribution in [2.24, 2.45) is 5.41 Å². The zero-order valence-corrected chi connectivity index (χ0v) is 11.7. The molecular weight excluding hydrogens is 222 g/mol. The molecule has 98 valence electrons. The molecule has 3 heteroatoms. The van der Waals surface area contributed by atoms with Gasteiger partial charge in [-0.2, -0.15) is 5.26 Å². The third-order valence-electron chi connectivity index (χ3n) is 3.07. The van der Waals surface area contributed by atoms with Crippen molar-refractivity contribution < 1.29 is 0 Å². The normalized spacial score (nSPS) is 11.5. The fraction of sp³-hybridized carbons (Fsp3) is 0.600. The summed E-state index contributed by atoms with van der Waals surface area (Å²) in [6, 6.07) is 6.42. The second kappa shape index (κ2) is 7.13. The summed E-state index contributed by atoms with van der Waals surface area (Å²) < 4.78 is 0. The summed E-state index contributed by atoms with van der Waals surface area (Å²) in [7, 11) is 2.13. The first kappa shape index (κ1) is 14.7. The van der Waals surface area contributed by atoms with Crippen LogP contribution in [-0.4, -0.2) is 23.5 Å². The average molecular weight is 245 g/mol. The van der Waals surface area contributed by atoms with Crippen molar-refractivity contribution in [1.82, 2.24) is 9.88 Å². The van der Waals surface area contributed by atoms with Crippen molar-refractivity contribution in [1.29, 1.82) is 5.26 Å². The van der Waals surface area contributed by atoms with Crippen LogP contribution in [0.1, 0.15) is 38.7 Å². The van der Waals surface area contributed by atoms with Crippen LogP contribution in [0.5, 0.6) is 0 Å². The Morgan fingerprint density at radius 2 is 2.17 bits per heavy atom. The fourth-order valence-corrected chi connectivity index (χ4v) is 1.89. The van der Waals surface area contributed by atoms with Crippen LogP contribution in [0.15, 0.2) is 24.5 Å². The summed E-state index contributed by atoms with van der Waals surface area (Å²) in [5.74, 6) is 0. The Balaban J connectivity index is 2.19. The van der Waals surface area contributed by atoms with Crippen LogP contribution in [0.3, 0.4) is 0 Å². The highest BCUT2D eigenvalue weighted by Gasteiger charge is 2.15. The van der Waals surface area contributed by atoms with Gasteiger partial charge in [0.05, 0.1) is 11.5 Å². The first-order valence-electron chi connectivity index (χ1n) is 6.52. The number of nitrogens with zero attached hydrogens (tertiary/aromatic N) is 3. The zero-order chi connectivity index (χ0) is 13.4. The maximum absolute atomic E-state index is 8.93. The Labute approximate surface area is 110 Å². The monoisotopic (exact) mass is 245 g/mol. The molecule has 0 N–H and O–H groups in total. The molecule has 3 nitrogen and oxygen atoms in total. The molecule has 1 aromatic heterocycles. The van der Waals surface area contributed by atoms with Crippen molar-refractivity contribution in [3.8, 4) is 6.07 Å². The highest BCUT2D eigenvalue weighted by Crippen LogP contribution is 2.21.